The van der Waals surface area contributed by atoms with Crippen molar-refractivity contribution in [3.05, 3.63) is 65.2 Å². The van der Waals surface area contributed by atoms with Gasteiger partial charge in [0.05, 0.1) is 11.5 Å². The van der Waals surface area contributed by atoms with Gasteiger partial charge in [0.15, 0.2) is 5.82 Å². The molecule has 0 saturated heterocycles. The predicted octanol–water partition coefficient (Wildman–Crippen LogP) is 3.15. The van der Waals surface area contributed by atoms with Crippen LogP contribution < -0.4 is 5.73 Å². The van der Waals surface area contributed by atoms with Gasteiger partial charge in [-0.2, -0.15) is 4.98 Å². The standard InChI is InChI=1S/C16H12FN3O/c17-14-8-10(18)5-6-12(14)16-19-15(20-21-16)13-7-9-3-1-2-4-11(9)13/h1-6,8,13H,7,18H2. The molecule has 1 aliphatic rings. The summed E-state index contributed by atoms with van der Waals surface area (Å²) >= 11 is 0. The van der Waals surface area contributed by atoms with Gasteiger partial charge >= 0.3 is 0 Å². The number of hydrogen-bond donors (Lipinski definition) is 1. The van der Waals surface area contributed by atoms with Crippen LogP contribution in [0.25, 0.3) is 11.5 Å². The second-order valence-corrected chi connectivity index (χ2v) is 5.15. The SMILES string of the molecule is Nc1ccc(-c2nc(C3Cc4ccccc43)no2)c(F)c1. The Morgan fingerprint density at radius 3 is 2.86 bits per heavy atom. The van der Waals surface area contributed by atoms with Crippen LogP contribution in [0.1, 0.15) is 22.9 Å². The second kappa shape index (κ2) is 4.41. The van der Waals surface area contributed by atoms with Gasteiger partial charge in [-0.1, -0.05) is 29.4 Å². The van der Waals surface area contributed by atoms with Crippen LogP contribution in [-0.4, -0.2) is 10.1 Å². The first kappa shape index (κ1) is 12.1. The van der Waals surface area contributed by atoms with Gasteiger partial charge < -0.3 is 10.3 Å². The average Bonchev–Trinajstić information content (AvgIpc) is 2.89. The number of aromatic nitrogens is 2. The van der Waals surface area contributed by atoms with Gasteiger partial charge in [-0.25, -0.2) is 4.39 Å². The Morgan fingerprint density at radius 1 is 1.19 bits per heavy atom. The quantitative estimate of drug-likeness (QED) is 0.733. The highest BCUT2D eigenvalue weighted by atomic mass is 19.1. The molecule has 1 unspecified atom stereocenters. The van der Waals surface area contributed by atoms with Crippen molar-refractivity contribution in [3.63, 3.8) is 0 Å². The van der Waals surface area contributed by atoms with E-state index in [1.807, 2.05) is 12.1 Å². The van der Waals surface area contributed by atoms with Crippen molar-refractivity contribution >= 4 is 5.69 Å². The van der Waals surface area contributed by atoms with E-state index in [4.69, 9.17) is 10.3 Å². The van der Waals surface area contributed by atoms with Gasteiger partial charge in [-0.3, -0.25) is 0 Å². The Hall–Kier alpha value is -2.69. The summed E-state index contributed by atoms with van der Waals surface area (Å²) in [7, 11) is 0. The number of halogens is 1. The molecule has 2 aromatic carbocycles. The molecule has 104 valence electrons. The number of hydrogen-bond acceptors (Lipinski definition) is 4. The fraction of sp³-hybridized carbons (Fsp3) is 0.125. The molecule has 5 heteroatoms. The third-order valence-corrected chi connectivity index (χ3v) is 3.83. The molecule has 0 spiro atoms. The molecule has 0 aliphatic heterocycles. The summed E-state index contributed by atoms with van der Waals surface area (Å²) in [4.78, 5) is 4.33. The molecule has 2 N–H and O–H groups in total. The summed E-state index contributed by atoms with van der Waals surface area (Å²) in [5, 5.41) is 3.99. The Morgan fingerprint density at radius 2 is 2.05 bits per heavy atom. The van der Waals surface area contributed by atoms with Crippen LogP contribution in [0.3, 0.4) is 0 Å². The minimum atomic E-state index is -0.459. The first-order chi connectivity index (χ1) is 10.2. The van der Waals surface area contributed by atoms with Gasteiger partial charge in [0.2, 0.25) is 0 Å². The van der Waals surface area contributed by atoms with E-state index in [9.17, 15) is 4.39 Å². The van der Waals surface area contributed by atoms with E-state index in [1.165, 1.54) is 17.2 Å². The summed E-state index contributed by atoms with van der Waals surface area (Å²) in [6.07, 6.45) is 0.888. The number of rotatable bonds is 2. The molecule has 0 fully saturated rings. The number of nitrogens with two attached hydrogens (primary N) is 1. The Bertz CT molecular complexity index is 828. The largest absolute Gasteiger partial charge is 0.399 e. The van der Waals surface area contributed by atoms with Crippen LogP contribution in [0.2, 0.25) is 0 Å². The van der Waals surface area contributed by atoms with Gasteiger partial charge in [0.25, 0.3) is 5.89 Å². The molecule has 0 amide bonds. The predicted molar refractivity (Wildman–Crippen MR) is 76.1 cm³/mol. The number of nitrogens with zero attached hydrogens (tertiary/aromatic N) is 2. The number of fused-ring (bicyclic) bond motifs is 1. The van der Waals surface area contributed by atoms with Crippen molar-refractivity contribution < 1.29 is 8.91 Å². The molecule has 1 aromatic heterocycles. The number of benzene rings is 2. The third kappa shape index (κ3) is 1.89. The van der Waals surface area contributed by atoms with E-state index in [2.05, 4.69) is 22.3 Å². The zero-order valence-corrected chi connectivity index (χ0v) is 11.1. The summed E-state index contributed by atoms with van der Waals surface area (Å²) < 4.78 is 19.1. The molecule has 1 heterocycles. The van der Waals surface area contributed by atoms with Crippen molar-refractivity contribution in [3.8, 4) is 11.5 Å². The molecule has 4 nitrogen and oxygen atoms in total. The monoisotopic (exact) mass is 281 g/mol. The van der Waals surface area contributed by atoms with E-state index in [0.29, 0.717) is 11.5 Å². The lowest BCUT2D eigenvalue weighted by Gasteiger charge is -2.27. The smallest absolute Gasteiger partial charge is 0.260 e. The van der Waals surface area contributed by atoms with Crippen LogP contribution in [0, 0.1) is 5.82 Å². The van der Waals surface area contributed by atoms with Crippen molar-refractivity contribution in [2.24, 2.45) is 0 Å². The molecule has 3 aromatic rings. The Balaban J connectivity index is 1.68. The molecule has 0 saturated carbocycles. The van der Waals surface area contributed by atoms with Crippen LogP contribution in [-0.2, 0) is 6.42 Å². The Labute approximate surface area is 120 Å². The lowest BCUT2D eigenvalue weighted by atomic mass is 9.77. The van der Waals surface area contributed by atoms with Crippen LogP contribution in [0.5, 0.6) is 0 Å². The highest BCUT2D eigenvalue weighted by Gasteiger charge is 2.31. The highest BCUT2D eigenvalue weighted by molar-refractivity contribution is 5.58. The lowest BCUT2D eigenvalue weighted by Crippen LogP contribution is -2.19. The Kier molecular flexibility index (Phi) is 2.54. The minimum absolute atomic E-state index is 0.135. The third-order valence-electron chi connectivity index (χ3n) is 3.83. The van der Waals surface area contributed by atoms with Gasteiger partial charge in [0.1, 0.15) is 5.82 Å². The fourth-order valence-electron chi connectivity index (χ4n) is 2.68. The second-order valence-electron chi connectivity index (χ2n) is 5.15. The summed E-state index contributed by atoms with van der Waals surface area (Å²) in [6.45, 7) is 0. The number of nitrogen functional groups attached to an aromatic ring is 1. The van der Waals surface area contributed by atoms with E-state index in [0.717, 1.165) is 6.42 Å². The van der Waals surface area contributed by atoms with Crippen LogP contribution in [0.15, 0.2) is 47.0 Å². The van der Waals surface area contributed by atoms with Crippen LogP contribution in [0.4, 0.5) is 10.1 Å². The highest BCUT2D eigenvalue weighted by Crippen LogP contribution is 2.39. The molecule has 4 rings (SSSR count). The van der Waals surface area contributed by atoms with E-state index >= 15 is 0 Å². The maximum Gasteiger partial charge on any atom is 0.260 e. The maximum atomic E-state index is 13.9. The number of anilines is 1. The topological polar surface area (TPSA) is 64.9 Å². The molecule has 0 radical (unpaired) electrons. The van der Waals surface area contributed by atoms with Gasteiger partial charge in [-0.05, 0) is 35.7 Å². The van der Waals surface area contributed by atoms with E-state index in [1.54, 1.807) is 12.1 Å². The van der Waals surface area contributed by atoms with E-state index in [-0.39, 0.29) is 17.4 Å². The summed E-state index contributed by atoms with van der Waals surface area (Å²) in [6, 6.07) is 12.6. The van der Waals surface area contributed by atoms with Crippen molar-refractivity contribution in [1.29, 1.82) is 0 Å². The van der Waals surface area contributed by atoms with Crippen molar-refractivity contribution in [2.45, 2.75) is 12.3 Å². The fourth-order valence-corrected chi connectivity index (χ4v) is 2.68. The molecule has 0 bridgehead atoms. The average molecular weight is 281 g/mol. The summed E-state index contributed by atoms with van der Waals surface area (Å²) in [5.41, 5.74) is 8.68. The summed E-state index contributed by atoms with van der Waals surface area (Å²) in [5.74, 6) is 0.460. The van der Waals surface area contributed by atoms with Crippen LogP contribution >= 0.6 is 0 Å². The first-order valence-corrected chi connectivity index (χ1v) is 6.69. The lowest BCUT2D eigenvalue weighted by molar-refractivity contribution is 0.414. The zero-order valence-electron chi connectivity index (χ0n) is 11.1. The van der Waals surface area contributed by atoms with E-state index < -0.39 is 5.82 Å². The molecule has 21 heavy (non-hydrogen) atoms. The normalized spacial score (nSPS) is 16.3. The molecular weight excluding hydrogens is 269 g/mol. The molecule has 1 atom stereocenters. The minimum Gasteiger partial charge on any atom is -0.399 e. The molecular formula is C16H12FN3O. The van der Waals surface area contributed by atoms with Gasteiger partial charge in [0, 0.05) is 5.69 Å². The van der Waals surface area contributed by atoms with Crippen molar-refractivity contribution in [2.75, 3.05) is 5.73 Å². The maximum absolute atomic E-state index is 13.9. The zero-order chi connectivity index (χ0) is 14.4. The van der Waals surface area contributed by atoms with Crippen molar-refractivity contribution in [1.82, 2.24) is 10.1 Å². The first-order valence-electron chi connectivity index (χ1n) is 6.69. The van der Waals surface area contributed by atoms with Gasteiger partial charge in [-0.15, -0.1) is 0 Å². The molecule has 1 aliphatic carbocycles.